The Morgan fingerprint density at radius 2 is 2.30 bits per heavy atom. The van der Waals surface area contributed by atoms with Gasteiger partial charge >= 0.3 is 0 Å². The van der Waals surface area contributed by atoms with Crippen molar-refractivity contribution in [1.29, 1.82) is 0 Å². The summed E-state index contributed by atoms with van der Waals surface area (Å²) in [6, 6.07) is 0.122. The summed E-state index contributed by atoms with van der Waals surface area (Å²) in [6.07, 6.45) is 8.85. The molecular formula is C15H18N6O2. The summed E-state index contributed by atoms with van der Waals surface area (Å²) in [4.78, 5) is 11.7. The molecule has 4 heterocycles. The lowest BCUT2D eigenvalue weighted by Crippen LogP contribution is -2.41. The van der Waals surface area contributed by atoms with Crippen LogP contribution in [0.2, 0.25) is 0 Å². The molecule has 3 aromatic rings. The summed E-state index contributed by atoms with van der Waals surface area (Å²) in [5, 5.41) is 7.60. The number of aromatic nitrogens is 5. The van der Waals surface area contributed by atoms with Crippen LogP contribution in [0.5, 0.6) is 5.75 Å². The van der Waals surface area contributed by atoms with Crippen molar-refractivity contribution >= 4 is 11.2 Å². The fraction of sp³-hybridized carbons (Fsp3) is 0.400. The lowest BCUT2D eigenvalue weighted by molar-refractivity contribution is 0.139. The molecule has 1 fully saturated rings. The topological polar surface area (TPSA) is 89.9 Å². The van der Waals surface area contributed by atoms with Crippen LogP contribution in [0.4, 0.5) is 0 Å². The van der Waals surface area contributed by atoms with Crippen molar-refractivity contribution in [2.75, 3.05) is 13.2 Å². The molecule has 2 atom stereocenters. The standard InChI is InChI=1S/C15H18N6O2/c1-21-7-11(6-20-21)23-13-9-22-8-12(13)18-4-10-5-19-15-14(10)16-2-3-17-15/h2-3,5-7,12-13,18H,4,8-9H2,1H3,(H,17,19)/t12-,13+/m0/s1. The molecule has 0 unspecified atom stereocenters. The molecule has 2 N–H and O–H groups in total. The Hall–Kier alpha value is -2.45. The fourth-order valence-electron chi connectivity index (χ4n) is 2.75. The molecular weight excluding hydrogens is 296 g/mol. The van der Waals surface area contributed by atoms with Gasteiger partial charge in [0.25, 0.3) is 0 Å². The predicted molar refractivity (Wildman–Crippen MR) is 83.0 cm³/mol. The average molecular weight is 314 g/mol. The average Bonchev–Trinajstić information content (AvgIpc) is 3.26. The molecule has 0 spiro atoms. The predicted octanol–water partition coefficient (Wildman–Crippen LogP) is 0.627. The maximum absolute atomic E-state index is 5.96. The molecule has 1 aliphatic rings. The van der Waals surface area contributed by atoms with Gasteiger partial charge in [-0.15, -0.1) is 0 Å². The van der Waals surface area contributed by atoms with Gasteiger partial charge in [0.15, 0.2) is 11.4 Å². The molecule has 0 amide bonds. The van der Waals surface area contributed by atoms with Gasteiger partial charge in [-0.25, -0.2) is 4.98 Å². The van der Waals surface area contributed by atoms with E-state index in [9.17, 15) is 0 Å². The molecule has 1 saturated heterocycles. The van der Waals surface area contributed by atoms with Crippen LogP contribution >= 0.6 is 0 Å². The third-order valence-electron chi connectivity index (χ3n) is 3.94. The maximum Gasteiger partial charge on any atom is 0.157 e. The minimum absolute atomic E-state index is 0.0320. The van der Waals surface area contributed by atoms with Crippen LogP contribution in [-0.2, 0) is 18.3 Å². The normalized spacial score (nSPS) is 21.1. The molecule has 1 aliphatic heterocycles. The van der Waals surface area contributed by atoms with E-state index in [2.05, 4.69) is 25.4 Å². The quantitative estimate of drug-likeness (QED) is 0.718. The molecule has 4 rings (SSSR count). The number of rotatable bonds is 5. The summed E-state index contributed by atoms with van der Waals surface area (Å²) in [6.45, 7) is 1.87. The molecule has 23 heavy (non-hydrogen) atoms. The van der Waals surface area contributed by atoms with Crippen LogP contribution < -0.4 is 10.1 Å². The number of H-pyrrole nitrogens is 1. The van der Waals surface area contributed by atoms with Gasteiger partial charge < -0.3 is 19.8 Å². The van der Waals surface area contributed by atoms with Gasteiger partial charge in [-0.3, -0.25) is 9.67 Å². The summed E-state index contributed by atoms with van der Waals surface area (Å²) >= 11 is 0. The van der Waals surface area contributed by atoms with Crippen LogP contribution in [-0.4, -0.2) is 50.1 Å². The van der Waals surface area contributed by atoms with Crippen molar-refractivity contribution in [3.8, 4) is 5.75 Å². The van der Waals surface area contributed by atoms with E-state index in [1.54, 1.807) is 23.3 Å². The van der Waals surface area contributed by atoms with Crippen LogP contribution in [0, 0.1) is 0 Å². The maximum atomic E-state index is 5.96. The van der Waals surface area contributed by atoms with Crippen molar-refractivity contribution in [2.45, 2.75) is 18.7 Å². The molecule has 120 valence electrons. The van der Waals surface area contributed by atoms with Crippen LogP contribution in [0.25, 0.3) is 11.2 Å². The third kappa shape index (κ3) is 2.90. The van der Waals surface area contributed by atoms with Crippen LogP contribution in [0.1, 0.15) is 5.56 Å². The number of aromatic amines is 1. The molecule has 0 radical (unpaired) electrons. The Labute approximate surface area is 132 Å². The first-order valence-corrected chi connectivity index (χ1v) is 7.53. The molecule has 0 aromatic carbocycles. The summed E-state index contributed by atoms with van der Waals surface area (Å²) < 4.78 is 13.2. The number of aryl methyl sites for hydroxylation is 1. The zero-order valence-corrected chi connectivity index (χ0v) is 12.8. The number of hydrogen-bond donors (Lipinski definition) is 2. The summed E-state index contributed by atoms with van der Waals surface area (Å²) in [7, 11) is 1.87. The second-order valence-corrected chi connectivity index (χ2v) is 5.60. The van der Waals surface area contributed by atoms with E-state index >= 15 is 0 Å². The monoisotopic (exact) mass is 314 g/mol. The SMILES string of the molecule is Cn1cc(O[C@@H]2COC[C@@H]2NCc2c[nH]c3nccnc23)cn1. The van der Waals surface area contributed by atoms with E-state index in [0.29, 0.717) is 19.8 Å². The van der Waals surface area contributed by atoms with E-state index in [-0.39, 0.29) is 12.1 Å². The second-order valence-electron chi connectivity index (χ2n) is 5.60. The van der Waals surface area contributed by atoms with E-state index in [0.717, 1.165) is 22.5 Å². The first-order chi connectivity index (χ1) is 11.3. The number of nitrogens with zero attached hydrogens (tertiary/aromatic N) is 4. The Morgan fingerprint density at radius 1 is 1.39 bits per heavy atom. The van der Waals surface area contributed by atoms with E-state index < -0.39 is 0 Å². The van der Waals surface area contributed by atoms with Gasteiger partial charge in [-0.2, -0.15) is 5.10 Å². The first-order valence-electron chi connectivity index (χ1n) is 7.53. The molecule has 3 aromatic heterocycles. The van der Waals surface area contributed by atoms with Gasteiger partial charge in [0.2, 0.25) is 0 Å². The summed E-state index contributed by atoms with van der Waals surface area (Å²) in [5.74, 6) is 0.757. The highest BCUT2D eigenvalue weighted by molar-refractivity contribution is 5.74. The Bertz CT molecular complexity index is 798. The molecule has 0 saturated carbocycles. The fourth-order valence-corrected chi connectivity index (χ4v) is 2.75. The summed E-state index contributed by atoms with van der Waals surface area (Å²) in [5.41, 5.74) is 2.78. The highest BCUT2D eigenvalue weighted by Gasteiger charge is 2.30. The Balaban J connectivity index is 1.41. The van der Waals surface area contributed by atoms with Crippen molar-refractivity contribution in [3.05, 3.63) is 36.5 Å². The van der Waals surface area contributed by atoms with Crippen LogP contribution in [0.15, 0.2) is 31.0 Å². The minimum atomic E-state index is -0.0320. The van der Waals surface area contributed by atoms with Crippen molar-refractivity contribution < 1.29 is 9.47 Å². The smallest absolute Gasteiger partial charge is 0.157 e. The van der Waals surface area contributed by atoms with Gasteiger partial charge in [-0.05, 0) is 0 Å². The van der Waals surface area contributed by atoms with Gasteiger partial charge in [0.05, 0.1) is 31.6 Å². The minimum Gasteiger partial charge on any atom is -0.483 e. The Morgan fingerprint density at radius 3 is 3.17 bits per heavy atom. The van der Waals surface area contributed by atoms with Crippen molar-refractivity contribution in [2.24, 2.45) is 7.05 Å². The number of hydrogen-bond acceptors (Lipinski definition) is 6. The van der Waals surface area contributed by atoms with Crippen molar-refractivity contribution in [1.82, 2.24) is 30.0 Å². The molecule has 0 bridgehead atoms. The lowest BCUT2D eigenvalue weighted by atomic mass is 10.2. The highest BCUT2D eigenvalue weighted by Crippen LogP contribution is 2.18. The van der Waals surface area contributed by atoms with E-state index in [1.807, 2.05) is 19.4 Å². The number of ether oxygens (including phenoxy) is 2. The molecule has 8 nitrogen and oxygen atoms in total. The largest absolute Gasteiger partial charge is 0.483 e. The van der Waals surface area contributed by atoms with Crippen molar-refractivity contribution in [3.63, 3.8) is 0 Å². The first kappa shape index (κ1) is 14.2. The van der Waals surface area contributed by atoms with E-state index in [4.69, 9.17) is 9.47 Å². The third-order valence-corrected chi connectivity index (χ3v) is 3.94. The Kier molecular flexibility index (Phi) is 3.68. The van der Waals surface area contributed by atoms with E-state index in [1.165, 1.54) is 0 Å². The highest BCUT2D eigenvalue weighted by atomic mass is 16.5. The molecule has 8 heteroatoms. The number of fused-ring (bicyclic) bond motifs is 1. The second kappa shape index (κ2) is 5.98. The van der Waals surface area contributed by atoms with Gasteiger partial charge in [0.1, 0.15) is 11.6 Å². The van der Waals surface area contributed by atoms with Gasteiger partial charge in [0, 0.05) is 37.7 Å². The lowest BCUT2D eigenvalue weighted by Gasteiger charge is -2.19. The zero-order valence-electron chi connectivity index (χ0n) is 12.8. The van der Waals surface area contributed by atoms with Gasteiger partial charge in [-0.1, -0.05) is 0 Å². The molecule has 0 aliphatic carbocycles. The van der Waals surface area contributed by atoms with Crippen LogP contribution in [0.3, 0.4) is 0 Å². The number of nitrogens with one attached hydrogen (secondary N) is 2. The zero-order chi connectivity index (χ0) is 15.6.